The first-order valence-corrected chi connectivity index (χ1v) is 10.8. The van der Waals surface area contributed by atoms with E-state index in [-0.39, 0.29) is 18.8 Å². The molecule has 1 N–H and O–H groups in total. The lowest BCUT2D eigenvalue weighted by molar-refractivity contribution is -0.137. The van der Waals surface area contributed by atoms with Crippen molar-refractivity contribution < 1.29 is 31.1 Å². The van der Waals surface area contributed by atoms with Crippen LogP contribution in [0.3, 0.4) is 0 Å². The number of halogens is 3. The Morgan fingerprint density at radius 3 is 2.42 bits per heavy atom. The van der Waals surface area contributed by atoms with Crippen LogP contribution in [0.1, 0.15) is 17.5 Å². The fourth-order valence-corrected chi connectivity index (χ4v) is 4.85. The van der Waals surface area contributed by atoms with Gasteiger partial charge in [0.2, 0.25) is 5.91 Å². The van der Waals surface area contributed by atoms with Gasteiger partial charge in [-0.2, -0.15) is 30.2 Å². The van der Waals surface area contributed by atoms with E-state index in [1.807, 2.05) is 0 Å². The van der Waals surface area contributed by atoms with Crippen molar-refractivity contribution >= 4 is 21.8 Å². The van der Waals surface area contributed by atoms with Gasteiger partial charge in [-0.05, 0) is 42.3 Å². The standard InChI is InChI=1S/C20H22F3N3O4S/c1-30-18-8-6-15(7-9-18)13-25-10-3-11-26(31(25,28)29)14-19(27)24-17-5-2-4-16(12-17)20(21,22)23/h2,4-9,12H,3,10-11,13-14H2,1H3,(H,24,27). The summed E-state index contributed by atoms with van der Waals surface area (Å²) in [5, 5.41) is 2.34. The van der Waals surface area contributed by atoms with Crippen LogP contribution >= 0.6 is 0 Å². The van der Waals surface area contributed by atoms with Gasteiger partial charge in [0.05, 0.1) is 19.2 Å². The zero-order valence-electron chi connectivity index (χ0n) is 16.7. The highest BCUT2D eigenvalue weighted by Crippen LogP contribution is 2.30. The van der Waals surface area contributed by atoms with Crippen molar-refractivity contribution in [2.24, 2.45) is 0 Å². The Kier molecular flexibility index (Phi) is 6.87. The van der Waals surface area contributed by atoms with E-state index >= 15 is 0 Å². The molecule has 2 aromatic rings. The number of ether oxygens (including phenoxy) is 1. The molecule has 1 amide bonds. The second kappa shape index (κ2) is 9.25. The molecule has 3 rings (SSSR count). The highest BCUT2D eigenvalue weighted by atomic mass is 32.2. The smallest absolute Gasteiger partial charge is 0.416 e. The number of methoxy groups -OCH3 is 1. The molecule has 11 heteroatoms. The zero-order valence-corrected chi connectivity index (χ0v) is 17.5. The van der Waals surface area contributed by atoms with Crippen molar-refractivity contribution in [2.45, 2.75) is 19.1 Å². The van der Waals surface area contributed by atoms with E-state index in [1.54, 1.807) is 24.3 Å². The minimum atomic E-state index is -4.54. The second-order valence-corrected chi connectivity index (χ2v) is 8.93. The van der Waals surface area contributed by atoms with Crippen molar-refractivity contribution in [2.75, 3.05) is 32.1 Å². The number of carbonyl (C=O) groups is 1. The molecule has 0 aromatic heterocycles. The van der Waals surface area contributed by atoms with Crippen LogP contribution in [0.2, 0.25) is 0 Å². The normalized spacial score (nSPS) is 17.3. The van der Waals surface area contributed by atoms with Crippen LogP contribution in [0, 0.1) is 0 Å². The number of hydrogen-bond acceptors (Lipinski definition) is 4. The van der Waals surface area contributed by atoms with E-state index in [4.69, 9.17) is 4.74 Å². The predicted molar refractivity (Wildman–Crippen MR) is 109 cm³/mol. The van der Waals surface area contributed by atoms with Crippen molar-refractivity contribution in [3.63, 3.8) is 0 Å². The molecular weight excluding hydrogens is 435 g/mol. The number of rotatable bonds is 6. The highest BCUT2D eigenvalue weighted by molar-refractivity contribution is 7.86. The van der Waals surface area contributed by atoms with E-state index in [2.05, 4.69) is 5.32 Å². The van der Waals surface area contributed by atoms with Crippen molar-refractivity contribution in [1.29, 1.82) is 0 Å². The molecule has 1 heterocycles. The van der Waals surface area contributed by atoms with Crippen molar-refractivity contribution in [3.05, 3.63) is 59.7 Å². The number of hydrogen-bond donors (Lipinski definition) is 1. The summed E-state index contributed by atoms with van der Waals surface area (Å²) in [6.45, 7) is 0.104. The van der Waals surface area contributed by atoms with Gasteiger partial charge >= 0.3 is 6.18 Å². The van der Waals surface area contributed by atoms with Gasteiger partial charge in [-0.3, -0.25) is 4.79 Å². The molecule has 0 radical (unpaired) electrons. The summed E-state index contributed by atoms with van der Waals surface area (Å²) in [5.74, 6) is -0.0626. The Labute approximate surface area is 178 Å². The van der Waals surface area contributed by atoms with Crippen molar-refractivity contribution in [3.8, 4) is 5.75 Å². The van der Waals surface area contributed by atoms with E-state index in [0.717, 1.165) is 22.0 Å². The van der Waals surface area contributed by atoms with Crippen LogP contribution in [0.5, 0.6) is 5.75 Å². The monoisotopic (exact) mass is 457 g/mol. The molecule has 1 saturated heterocycles. The molecule has 0 bridgehead atoms. The van der Waals surface area contributed by atoms with Gasteiger partial charge in [-0.25, -0.2) is 0 Å². The second-order valence-electron chi connectivity index (χ2n) is 7.00. The average Bonchev–Trinajstić information content (AvgIpc) is 2.71. The zero-order chi connectivity index (χ0) is 22.6. The average molecular weight is 457 g/mol. The summed E-state index contributed by atoms with van der Waals surface area (Å²) in [5.41, 5.74) is -0.189. The maximum atomic E-state index is 12.9. The lowest BCUT2D eigenvalue weighted by atomic mass is 10.2. The van der Waals surface area contributed by atoms with Gasteiger partial charge in [0.1, 0.15) is 5.75 Å². The molecular formula is C20H22F3N3O4S. The summed E-state index contributed by atoms with van der Waals surface area (Å²) < 4.78 is 71.7. The minimum Gasteiger partial charge on any atom is -0.497 e. The fourth-order valence-electron chi connectivity index (χ4n) is 3.21. The summed E-state index contributed by atoms with van der Waals surface area (Å²) in [6.07, 6.45) is -4.02. The van der Waals surface area contributed by atoms with Gasteiger partial charge < -0.3 is 10.1 Å². The van der Waals surface area contributed by atoms with E-state index in [0.29, 0.717) is 18.7 Å². The molecule has 1 aliphatic rings. The van der Waals surface area contributed by atoms with E-state index in [9.17, 15) is 26.4 Å². The van der Waals surface area contributed by atoms with Crippen LogP contribution in [-0.4, -0.2) is 49.7 Å². The number of nitrogens with zero attached hydrogens (tertiary/aromatic N) is 2. The Bertz CT molecular complexity index is 1030. The molecule has 0 aliphatic carbocycles. The highest BCUT2D eigenvalue weighted by Gasteiger charge is 2.35. The third-order valence-corrected chi connectivity index (χ3v) is 6.71. The summed E-state index contributed by atoms with van der Waals surface area (Å²) in [7, 11) is -2.37. The Morgan fingerprint density at radius 2 is 1.77 bits per heavy atom. The predicted octanol–water partition coefficient (Wildman–Crippen LogP) is 3.11. The van der Waals surface area contributed by atoms with E-state index in [1.165, 1.54) is 23.5 Å². The Hall–Kier alpha value is -2.63. The number of benzene rings is 2. The third-order valence-electron chi connectivity index (χ3n) is 4.78. The maximum Gasteiger partial charge on any atom is 0.416 e. The first-order chi connectivity index (χ1) is 14.6. The first-order valence-electron chi connectivity index (χ1n) is 9.45. The molecule has 168 valence electrons. The molecule has 1 aliphatic heterocycles. The van der Waals surface area contributed by atoms with Gasteiger partial charge in [0.15, 0.2) is 0 Å². The summed E-state index contributed by atoms with van der Waals surface area (Å²) >= 11 is 0. The topological polar surface area (TPSA) is 79.0 Å². The van der Waals surface area contributed by atoms with Crippen LogP contribution in [0.25, 0.3) is 0 Å². The largest absolute Gasteiger partial charge is 0.497 e. The number of alkyl halides is 3. The lowest BCUT2D eigenvalue weighted by Crippen LogP contribution is -2.51. The van der Waals surface area contributed by atoms with Crippen LogP contribution in [0.4, 0.5) is 18.9 Å². The molecule has 0 spiro atoms. The molecule has 1 fully saturated rings. The quantitative estimate of drug-likeness (QED) is 0.723. The van der Waals surface area contributed by atoms with Crippen molar-refractivity contribution in [1.82, 2.24) is 8.61 Å². The fraction of sp³-hybridized carbons (Fsp3) is 0.350. The molecule has 0 unspecified atom stereocenters. The lowest BCUT2D eigenvalue weighted by Gasteiger charge is -2.34. The maximum absolute atomic E-state index is 12.9. The summed E-state index contributed by atoms with van der Waals surface area (Å²) in [4.78, 5) is 12.3. The Balaban J connectivity index is 1.66. The number of nitrogens with one attached hydrogen (secondary N) is 1. The molecule has 31 heavy (non-hydrogen) atoms. The molecule has 0 atom stereocenters. The third kappa shape index (κ3) is 5.75. The SMILES string of the molecule is COc1ccc(CN2CCCN(CC(=O)Nc3cccc(C(F)(F)F)c3)S2(=O)=O)cc1. The summed E-state index contributed by atoms with van der Waals surface area (Å²) in [6, 6.07) is 11.2. The number of amides is 1. The van der Waals surface area contributed by atoms with Crippen LogP contribution < -0.4 is 10.1 Å². The Morgan fingerprint density at radius 1 is 1.10 bits per heavy atom. The van der Waals surface area contributed by atoms with Gasteiger partial charge in [-0.1, -0.05) is 18.2 Å². The number of carbonyl (C=O) groups excluding carboxylic acids is 1. The van der Waals surface area contributed by atoms with Crippen LogP contribution in [-0.2, 0) is 27.7 Å². The first kappa shape index (κ1) is 23.0. The molecule has 2 aromatic carbocycles. The van der Waals surface area contributed by atoms with Crippen LogP contribution in [0.15, 0.2) is 48.5 Å². The van der Waals surface area contributed by atoms with Gasteiger partial charge in [-0.15, -0.1) is 0 Å². The van der Waals surface area contributed by atoms with Gasteiger partial charge in [0, 0.05) is 25.3 Å². The molecule has 7 nitrogen and oxygen atoms in total. The van der Waals surface area contributed by atoms with E-state index < -0.39 is 34.4 Å². The van der Waals surface area contributed by atoms with Gasteiger partial charge in [0.25, 0.3) is 10.2 Å². The molecule has 0 saturated carbocycles. The minimum absolute atomic E-state index is 0.0516. The number of anilines is 1.